The molecule has 3 nitrogen and oxygen atoms in total. The van der Waals surface area contributed by atoms with Crippen molar-refractivity contribution in [2.24, 2.45) is 11.8 Å². The molecule has 3 atom stereocenters. The zero-order chi connectivity index (χ0) is 19.1. The Labute approximate surface area is 157 Å². The summed E-state index contributed by atoms with van der Waals surface area (Å²) in [6.45, 7) is 13.6. The second-order valence-corrected chi connectivity index (χ2v) is 10.7. The maximum atomic E-state index is 13.3. The van der Waals surface area contributed by atoms with E-state index in [9.17, 15) is 13.0 Å². The summed E-state index contributed by atoms with van der Waals surface area (Å²) in [5, 5.41) is 0. The minimum atomic E-state index is -2.50. The lowest BCUT2D eigenvalue weighted by atomic mass is 9.68. The molecule has 1 aromatic rings. The summed E-state index contributed by atoms with van der Waals surface area (Å²) in [4.78, 5) is 3.42. The maximum Gasteiger partial charge on any atom is 0.248 e. The molecule has 0 radical (unpaired) electrons. The van der Waals surface area contributed by atoms with E-state index >= 15 is 0 Å². The van der Waals surface area contributed by atoms with E-state index in [4.69, 9.17) is 6.57 Å². The van der Waals surface area contributed by atoms with Crippen LogP contribution >= 0.6 is 0 Å². The monoisotopic (exact) mass is 380 g/mol. The van der Waals surface area contributed by atoms with Gasteiger partial charge in [-0.15, -0.1) is 0 Å². The quantitative estimate of drug-likeness (QED) is 0.636. The van der Waals surface area contributed by atoms with Crippen LogP contribution in [0, 0.1) is 18.4 Å². The lowest BCUT2D eigenvalue weighted by Crippen LogP contribution is -2.48. The summed E-state index contributed by atoms with van der Waals surface area (Å²) < 4.78 is 41.4. The number of nitrogens with zero attached hydrogens (tertiary/aromatic N) is 2. The molecule has 3 rings (SSSR count). The molecule has 26 heavy (non-hydrogen) atoms. The van der Waals surface area contributed by atoms with Crippen molar-refractivity contribution < 1.29 is 13.0 Å². The van der Waals surface area contributed by atoms with Crippen molar-refractivity contribution in [2.75, 3.05) is 6.54 Å². The van der Waals surface area contributed by atoms with Crippen molar-refractivity contribution in [3.05, 3.63) is 41.2 Å². The second kappa shape index (κ2) is 7.01. The summed E-state index contributed by atoms with van der Waals surface area (Å²) in [5.74, 6) is -2.18. The van der Waals surface area contributed by atoms with Crippen molar-refractivity contribution in [1.82, 2.24) is 4.31 Å². The molecule has 1 heterocycles. The lowest BCUT2D eigenvalue weighted by Gasteiger charge is -2.47. The number of hydrogen-bond acceptors (Lipinski definition) is 1. The Kier molecular flexibility index (Phi) is 5.24. The first kappa shape index (κ1) is 19.4. The molecular formula is C20H26F2N2OS. The molecule has 0 amide bonds. The Hall–Kier alpha value is -1.32. The topological polar surface area (TPSA) is 24.7 Å². The van der Waals surface area contributed by atoms with Crippen molar-refractivity contribution in [3.63, 3.8) is 0 Å². The van der Waals surface area contributed by atoms with Gasteiger partial charge in [0.05, 0.1) is 11.3 Å². The molecule has 1 aliphatic heterocycles. The van der Waals surface area contributed by atoms with E-state index < -0.39 is 16.9 Å². The summed E-state index contributed by atoms with van der Waals surface area (Å²) in [7, 11) is -1.16. The van der Waals surface area contributed by atoms with Gasteiger partial charge in [-0.3, -0.25) is 0 Å². The van der Waals surface area contributed by atoms with Crippen LogP contribution in [0.1, 0.15) is 58.1 Å². The Bertz CT molecular complexity index is 713. The van der Waals surface area contributed by atoms with Crippen LogP contribution in [-0.2, 0) is 11.0 Å². The van der Waals surface area contributed by atoms with Crippen LogP contribution in [0.3, 0.4) is 0 Å². The largest absolute Gasteiger partial charge is 0.248 e. The Morgan fingerprint density at radius 2 is 1.81 bits per heavy atom. The third kappa shape index (κ3) is 3.99. The average molecular weight is 381 g/mol. The molecular weight excluding hydrogens is 354 g/mol. The van der Waals surface area contributed by atoms with Gasteiger partial charge in [0.15, 0.2) is 5.69 Å². The van der Waals surface area contributed by atoms with Crippen LogP contribution in [0.15, 0.2) is 24.3 Å². The van der Waals surface area contributed by atoms with E-state index in [1.807, 2.05) is 37.2 Å². The molecule has 1 saturated carbocycles. The molecule has 0 bridgehead atoms. The van der Waals surface area contributed by atoms with Gasteiger partial charge >= 0.3 is 0 Å². The van der Waals surface area contributed by atoms with Crippen LogP contribution in [0.5, 0.6) is 0 Å². The number of hydrogen-bond donors (Lipinski definition) is 0. The number of alkyl halides is 2. The number of piperidine rings is 1. The summed E-state index contributed by atoms with van der Waals surface area (Å²) >= 11 is 0. The minimum Gasteiger partial charge on any atom is -0.242 e. The fraction of sp³-hybridized carbons (Fsp3) is 0.650. The summed E-state index contributed by atoms with van der Waals surface area (Å²) in [6, 6.07) is 7.34. The third-order valence-electron chi connectivity index (χ3n) is 5.53. The fourth-order valence-electron chi connectivity index (χ4n) is 4.06. The number of halogens is 2. The second-order valence-electron chi connectivity index (χ2n) is 8.53. The molecule has 6 heteroatoms. The highest BCUT2D eigenvalue weighted by molar-refractivity contribution is 7.84. The van der Waals surface area contributed by atoms with Gasteiger partial charge < -0.3 is 0 Å². The first-order chi connectivity index (χ1) is 12.1. The maximum absolute atomic E-state index is 13.3. The van der Waals surface area contributed by atoms with E-state index in [2.05, 4.69) is 4.85 Å². The van der Waals surface area contributed by atoms with Gasteiger partial charge in [-0.2, -0.15) is 0 Å². The average Bonchev–Trinajstić information content (AvgIpc) is 2.57. The van der Waals surface area contributed by atoms with Crippen LogP contribution in [0.2, 0.25) is 0 Å². The van der Waals surface area contributed by atoms with Crippen LogP contribution in [-0.4, -0.2) is 25.7 Å². The first-order valence-corrected chi connectivity index (χ1v) is 10.3. The SMILES string of the molecule is [C-]#[N+]c1ccc(C2C[C@H](C3CC(F)(F)C3)CCN2S(=O)C(C)(C)C)cc1. The van der Waals surface area contributed by atoms with Crippen molar-refractivity contribution in [3.8, 4) is 0 Å². The molecule has 2 unspecified atom stereocenters. The standard InChI is InChI=1S/C20H26F2N2OS/c1-19(2,3)26(25)24-10-9-15(16-12-20(21,22)13-16)11-18(24)14-5-7-17(23-4)8-6-14/h5-8,15-16,18H,9-13H2,1-3H3/t15-,18?,26?/m1/s1. The molecule has 1 saturated heterocycles. The van der Waals surface area contributed by atoms with Gasteiger partial charge in [0.25, 0.3) is 0 Å². The molecule has 1 aliphatic carbocycles. The smallest absolute Gasteiger partial charge is 0.242 e. The molecule has 1 aromatic carbocycles. The van der Waals surface area contributed by atoms with E-state index in [1.54, 1.807) is 12.1 Å². The molecule has 0 spiro atoms. The summed E-state index contributed by atoms with van der Waals surface area (Å²) in [5.41, 5.74) is 1.59. The van der Waals surface area contributed by atoms with Gasteiger partial charge in [-0.1, -0.05) is 24.3 Å². The van der Waals surface area contributed by atoms with Gasteiger partial charge in [-0.25, -0.2) is 22.1 Å². The van der Waals surface area contributed by atoms with Crippen molar-refractivity contribution in [1.29, 1.82) is 0 Å². The van der Waals surface area contributed by atoms with E-state index in [1.165, 1.54) is 0 Å². The molecule has 2 aliphatic rings. The van der Waals surface area contributed by atoms with Crippen LogP contribution < -0.4 is 0 Å². The zero-order valence-electron chi connectivity index (χ0n) is 15.5. The summed E-state index contributed by atoms with van der Waals surface area (Å²) in [6.07, 6.45) is 1.55. The Balaban J connectivity index is 1.84. The van der Waals surface area contributed by atoms with Crippen LogP contribution in [0.25, 0.3) is 4.85 Å². The number of rotatable bonds is 3. The van der Waals surface area contributed by atoms with Crippen molar-refractivity contribution in [2.45, 2.75) is 63.2 Å². The van der Waals surface area contributed by atoms with Gasteiger partial charge in [0, 0.05) is 25.4 Å². The molecule has 142 valence electrons. The lowest BCUT2D eigenvalue weighted by molar-refractivity contribution is -0.132. The third-order valence-corrected chi connectivity index (χ3v) is 7.44. The number of benzene rings is 1. The highest BCUT2D eigenvalue weighted by atomic mass is 32.2. The normalized spacial score (nSPS) is 28.2. The predicted molar refractivity (Wildman–Crippen MR) is 100 cm³/mol. The highest BCUT2D eigenvalue weighted by Gasteiger charge is 2.50. The molecule has 0 N–H and O–H groups in total. The van der Waals surface area contributed by atoms with Crippen molar-refractivity contribution >= 4 is 16.7 Å². The fourth-order valence-corrected chi connectivity index (χ4v) is 5.48. The van der Waals surface area contributed by atoms with Gasteiger partial charge in [0.1, 0.15) is 11.0 Å². The predicted octanol–water partition coefficient (Wildman–Crippen LogP) is 5.50. The van der Waals surface area contributed by atoms with E-state index in [0.29, 0.717) is 12.2 Å². The van der Waals surface area contributed by atoms with Gasteiger partial charge in [0.2, 0.25) is 5.92 Å². The Morgan fingerprint density at radius 1 is 1.19 bits per heavy atom. The van der Waals surface area contributed by atoms with Crippen LogP contribution in [0.4, 0.5) is 14.5 Å². The highest BCUT2D eigenvalue weighted by Crippen LogP contribution is 2.51. The molecule has 0 aromatic heterocycles. The zero-order valence-corrected chi connectivity index (χ0v) is 16.4. The van der Waals surface area contributed by atoms with E-state index in [0.717, 1.165) is 18.4 Å². The minimum absolute atomic E-state index is 0.0105. The Morgan fingerprint density at radius 3 is 2.31 bits per heavy atom. The van der Waals surface area contributed by atoms with E-state index in [-0.39, 0.29) is 35.5 Å². The first-order valence-electron chi connectivity index (χ1n) is 9.14. The molecule has 2 fully saturated rings. The van der Waals surface area contributed by atoms with Gasteiger partial charge in [-0.05, 0) is 51.0 Å².